The van der Waals surface area contributed by atoms with Gasteiger partial charge in [0.15, 0.2) is 5.13 Å². The molecule has 1 atom stereocenters. The summed E-state index contributed by atoms with van der Waals surface area (Å²) in [6, 6.07) is 10.3. The van der Waals surface area contributed by atoms with E-state index < -0.39 is 0 Å². The maximum absolute atomic E-state index is 12.8. The van der Waals surface area contributed by atoms with Crippen LogP contribution < -0.4 is 11.1 Å². The number of nitrogens with two attached hydrogens (primary N) is 1. The van der Waals surface area contributed by atoms with Crippen LogP contribution in [-0.2, 0) is 12.8 Å². The van der Waals surface area contributed by atoms with E-state index in [1.165, 1.54) is 42.7 Å². The number of carbonyl (C=O) groups excluding carboxylic acids is 1. The number of hydrogen-bond acceptors (Lipinski definition) is 7. The van der Waals surface area contributed by atoms with Crippen molar-refractivity contribution in [1.82, 2.24) is 25.2 Å². The number of anilines is 1. The number of hydrogen-bond donors (Lipinski definition) is 2. The fourth-order valence-electron chi connectivity index (χ4n) is 5.86. The van der Waals surface area contributed by atoms with Crippen LogP contribution in [-0.4, -0.2) is 50.9 Å². The number of amides is 1. The average Bonchev–Trinajstić information content (AvgIpc) is 3.31. The predicted molar refractivity (Wildman–Crippen MR) is 150 cm³/mol. The summed E-state index contributed by atoms with van der Waals surface area (Å²) < 4.78 is 0. The number of aromatic nitrogens is 3. The van der Waals surface area contributed by atoms with Gasteiger partial charge in [0.05, 0.1) is 22.6 Å². The maximum Gasteiger partial charge on any atom is 0.253 e. The van der Waals surface area contributed by atoms with Crippen molar-refractivity contribution in [3.05, 3.63) is 58.9 Å². The first kappa shape index (κ1) is 25.8. The van der Waals surface area contributed by atoms with Crippen LogP contribution in [0.1, 0.15) is 72.8 Å². The lowest BCUT2D eigenvalue weighted by atomic mass is 9.83. The van der Waals surface area contributed by atoms with Crippen LogP contribution in [0.4, 0.5) is 5.13 Å². The molecule has 7 nitrogen and oxygen atoms in total. The molecule has 1 amide bonds. The molecule has 0 saturated heterocycles. The van der Waals surface area contributed by atoms with Gasteiger partial charge in [0.25, 0.3) is 5.91 Å². The summed E-state index contributed by atoms with van der Waals surface area (Å²) in [7, 11) is 0. The molecular weight excluding hydrogens is 480 g/mol. The summed E-state index contributed by atoms with van der Waals surface area (Å²) in [5, 5.41) is 3.96. The van der Waals surface area contributed by atoms with Crippen molar-refractivity contribution < 1.29 is 4.79 Å². The van der Waals surface area contributed by atoms with Crippen molar-refractivity contribution in [3.63, 3.8) is 0 Å². The van der Waals surface area contributed by atoms with E-state index in [2.05, 4.69) is 32.1 Å². The number of nitrogen functional groups attached to an aromatic ring is 1. The van der Waals surface area contributed by atoms with Gasteiger partial charge in [-0.25, -0.2) is 4.98 Å². The summed E-state index contributed by atoms with van der Waals surface area (Å²) in [5.74, 6) is 0.711. The molecule has 2 aliphatic rings. The minimum absolute atomic E-state index is 0.0296. The number of rotatable bonds is 9. The Labute approximate surface area is 223 Å². The normalized spacial score (nSPS) is 21.5. The fraction of sp³-hybridized carbons (Fsp3) is 0.517. The Morgan fingerprint density at radius 2 is 1.92 bits per heavy atom. The number of carbonyl (C=O) groups is 1. The molecule has 0 aliphatic heterocycles. The smallest absolute Gasteiger partial charge is 0.253 e. The number of aryl methyl sites for hydroxylation is 1. The molecule has 3 N–H and O–H groups in total. The van der Waals surface area contributed by atoms with Crippen molar-refractivity contribution in [1.29, 1.82) is 0 Å². The van der Waals surface area contributed by atoms with Crippen LogP contribution in [0.25, 0.3) is 11.4 Å². The highest BCUT2D eigenvalue weighted by Gasteiger charge is 2.28. The van der Waals surface area contributed by atoms with E-state index in [0.29, 0.717) is 16.7 Å². The minimum atomic E-state index is -0.0296. The van der Waals surface area contributed by atoms with Crippen LogP contribution in [0.5, 0.6) is 0 Å². The summed E-state index contributed by atoms with van der Waals surface area (Å²) in [4.78, 5) is 30.2. The average molecular weight is 519 g/mol. The second-order valence-electron chi connectivity index (χ2n) is 10.5. The predicted octanol–water partition coefficient (Wildman–Crippen LogP) is 5.13. The number of thiazole rings is 1. The maximum atomic E-state index is 12.8. The summed E-state index contributed by atoms with van der Waals surface area (Å²) in [6.07, 6.45) is 13.6. The van der Waals surface area contributed by atoms with E-state index >= 15 is 0 Å². The zero-order valence-corrected chi connectivity index (χ0v) is 22.6. The van der Waals surface area contributed by atoms with Crippen LogP contribution >= 0.6 is 11.3 Å². The third-order valence-electron chi connectivity index (χ3n) is 7.92. The SMILES string of the molecule is CCCN(CCC1CCC(NC(=O)c2ccc(-c3ccccn3)nc2)CC1)C1CCc2nc(N)sc2C1. The Kier molecular flexibility index (Phi) is 8.46. The molecule has 3 aromatic rings. The highest BCUT2D eigenvalue weighted by atomic mass is 32.1. The Morgan fingerprint density at radius 1 is 1.08 bits per heavy atom. The van der Waals surface area contributed by atoms with E-state index in [0.717, 1.165) is 56.1 Å². The van der Waals surface area contributed by atoms with E-state index in [-0.39, 0.29) is 11.9 Å². The van der Waals surface area contributed by atoms with Crippen molar-refractivity contribution in [2.75, 3.05) is 18.8 Å². The molecule has 3 heterocycles. The highest BCUT2D eigenvalue weighted by molar-refractivity contribution is 7.15. The lowest BCUT2D eigenvalue weighted by Crippen LogP contribution is -2.41. The van der Waals surface area contributed by atoms with E-state index in [1.54, 1.807) is 23.7 Å². The Hall–Kier alpha value is -2.84. The van der Waals surface area contributed by atoms with E-state index in [4.69, 9.17) is 5.73 Å². The molecular formula is C29H38N6OS. The number of nitrogens with one attached hydrogen (secondary N) is 1. The van der Waals surface area contributed by atoms with Crippen LogP contribution in [0.15, 0.2) is 42.7 Å². The van der Waals surface area contributed by atoms with Gasteiger partial charge < -0.3 is 16.0 Å². The molecule has 0 aromatic carbocycles. The first-order valence-electron chi connectivity index (χ1n) is 13.8. The zero-order valence-electron chi connectivity index (χ0n) is 21.7. The first-order valence-corrected chi connectivity index (χ1v) is 14.6. The van der Waals surface area contributed by atoms with Gasteiger partial charge in [-0.05, 0) is 101 Å². The molecule has 0 bridgehead atoms. The van der Waals surface area contributed by atoms with E-state index in [9.17, 15) is 4.79 Å². The summed E-state index contributed by atoms with van der Waals surface area (Å²) in [5.41, 5.74) is 9.39. The molecule has 37 heavy (non-hydrogen) atoms. The molecule has 1 saturated carbocycles. The standard InChI is InChI=1S/C29H38N6OS/c1-2-16-35(23-11-13-26-27(18-23)37-29(30)34-26)17-14-20-6-9-22(10-7-20)33-28(36)21-8-12-25(32-19-21)24-5-3-4-15-31-24/h3-5,8,12,15,19-20,22-23H,2,6-7,9-11,13-14,16-18H2,1H3,(H2,30,34)(H,33,36). The van der Waals surface area contributed by atoms with Crippen molar-refractivity contribution in [3.8, 4) is 11.4 Å². The largest absolute Gasteiger partial charge is 0.375 e. The number of nitrogens with zero attached hydrogens (tertiary/aromatic N) is 4. The molecule has 3 aromatic heterocycles. The Bertz CT molecular complexity index is 1160. The van der Waals surface area contributed by atoms with Gasteiger partial charge >= 0.3 is 0 Å². The fourth-order valence-corrected chi connectivity index (χ4v) is 6.81. The second kappa shape index (κ2) is 12.1. The lowest BCUT2D eigenvalue weighted by Gasteiger charge is -2.36. The van der Waals surface area contributed by atoms with Gasteiger partial charge in [0.2, 0.25) is 0 Å². The van der Waals surface area contributed by atoms with Crippen molar-refractivity contribution in [2.24, 2.45) is 5.92 Å². The quantitative estimate of drug-likeness (QED) is 0.408. The molecule has 2 aliphatic carbocycles. The van der Waals surface area contributed by atoms with Crippen LogP contribution in [0.2, 0.25) is 0 Å². The molecule has 1 unspecified atom stereocenters. The van der Waals surface area contributed by atoms with Gasteiger partial charge in [0.1, 0.15) is 0 Å². The molecule has 0 spiro atoms. The summed E-state index contributed by atoms with van der Waals surface area (Å²) >= 11 is 1.68. The van der Waals surface area contributed by atoms with Gasteiger partial charge in [-0.2, -0.15) is 0 Å². The molecule has 0 radical (unpaired) electrons. The number of pyridine rings is 2. The monoisotopic (exact) mass is 518 g/mol. The third-order valence-corrected chi connectivity index (χ3v) is 8.87. The highest BCUT2D eigenvalue weighted by Crippen LogP contribution is 2.32. The molecule has 196 valence electrons. The topological polar surface area (TPSA) is 97.0 Å². The first-order chi connectivity index (χ1) is 18.1. The van der Waals surface area contributed by atoms with Crippen LogP contribution in [0.3, 0.4) is 0 Å². The summed E-state index contributed by atoms with van der Waals surface area (Å²) in [6.45, 7) is 4.60. The number of fused-ring (bicyclic) bond motifs is 1. The third kappa shape index (κ3) is 6.54. The van der Waals surface area contributed by atoms with E-state index in [1.807, 2.05) is 30.3 Å². The van der Waals surface area contributed by atoms with Crippen LogP contribution in [0, 0.1) is 5.92 Å². The zero-order chi connectivity index (χ0) is 25.6. The van der Waals surface area contributed by atoms with Gasteiger partial charge in [-0.15, -0.1) is 11.3 Å². The lowest BCUT2D eigenvalue weighted by molar-refractivity contribution is 0.0917. The van der Waals surface area contributed by atoms with Crippen molar-refractivity contribution >= 4 is 22.4 Å². The second-order valence-corrected chi connectivity index (χ2v) is 11.6. The van der Waals surface area contributed by atoms with Crippen molar-refractivity contribution in [2.45, 2.75) is 76.8 Å². The minimum Gasteiger partial charge on any atom is -0.375 e. The molecule has 5 rings (SSSR count). The van der Waals surface area contributed by atoms with Gasteiger partial charge in [-0.3, -0.25) is 14.8 Å². The Balaban J connectivity index is 1.07. The Morgan fingerprint density at radius 3 is 2.65 bits per heavy atom. The van der Waals surface area contributed by atoms with Gasteiger partial charge in [-0.1, -0.05) is 13.0 Å². The molecule has 8 heteroatoms. The van der Waals surface area contributed by atoms with Gasteiger partial charge in [0, 0.05) is 29.4 Å². The molecule has 1 fully saturated rings.